The van der Waals surface area contributed by atoms with E-state index in [1.807, 2.05) is 0 Å². The van der Waals surface area contributed by atoms with Crippen LogP contribution in [0.3, 0.4) is 0 Å². The van der Waals surface area contributed by atoms with E-state index in [9.17, 15) is 4.79 Å². The predicted molar refractivity (Wildman–Crippen MR) is 80.8 cm³/mol. The minimum absolute atomic E-state index is 0.0291. The lowest BCUT2D eigenvalue weighted by Crippen LogP contribution is -2.41. The van der Waals surface area contributed by atoms with Crippen LogP contribution in [0.5, 0.6) is 0 Å². The number of carbonyl (C=O) groups excluding carboxylic acids is 1. The van der Waals surface area contributed by atoms with Crippen molar-refractivity contribution in [3.8, 4) is 0 Å². The van der Waals surface area contributed by atoms with Gasteiger partial charge in [-0.25, -0.2) is 0 Å². The van der Waals surface area contributed by atoms with Gasteiger partial charge in [-0.1, -0.05) is 40.0 Å². The molecule has 0 aromatic rings. The van der Waals surface area contributed by atoms with Crippen LogP contribution >= 0.6 is 0 Å². The molecular formula is C16H32N2O. The Hall–Kier alpha value is -0.570. The molecule has 1 amide bonds. The summed E-state index contributed by atoms with van der Waals surface area (Å²) >= 11 is 0. The van der Waals surface area contributed by atoms with Crippen molar-refractivity contribution >= 4 is 5.91 Å². The fourth-order valence-corrected chi connectivity index (χ4v) is 3.16. The summed E-state index contributed by atoms with van der Waals surface area (Å²) in [4.78, 5) is 12.0. The van der Waals surface area contributed by atoms with Gasteiger partial charge < -0.3 is 11.1 Å². The average Bonchev–Trinajstić information content (AvgIpc) is 2.27. The minimum Gasteiger partial charge on any atom is -0.353 e. The molecule has 0 aromatic heterocycles. The molecule has 3 nitrogen and oxygen atoms in total. The molecule has 1 unspecified atom stereocenters. The van der Waals surface area contributed by atoms with E-state index in [1.165, 1.54) is 32.1 Å². The Morgan fingerprint density at radius 2 is 1.84 bits per heavy atom. The minimum atomic E-state index is -0.0291. The second-order valence-electron chi connectivity index (χ2n) is 7.48. The molecular weight excluding hydrogens is 236 g/mol. The van der Waals surface area contributed by atoms with Crippen molar-refractivity contribution in [2.24, 2.45) is 17.1 Å². The summed E-state index contributed by atoms with van der Waals surface area (Å²) in [5.41, 5.74) is 6.24. The standard InChI is InChI=1S/C16H32N2O/c1-12(13-8-6-5-7-9-13)18-15(19)10-14(17)11-16(2,3)4/h12-14H,5-11,17H2,1-4H3,(H,18,19)/t12-,14?/m0/s1. The molecule has 112 valence electrons. The van der Waals surface area contributed by atoms with Gasteiger partial charge >= 0.3 is 0 Å². The number of amides is 1. The maximum atomic E-state index is 12.0. The first kappa shape index (κ1) is 16.5. The molecule has 0 aromatic carbocycles. The zero-order chi connectivity index (χ0) is 14.5. The molecule has 0 radical (unpaired) electrons. The average molecular weight is 268 g/mol. The molecule has 1 saturated carbocycles. The van der Waals surface area contributed by atoms with E-state index in [0.717, 1.165) is 6.42 Å². The zero-order valence-electron chi connectivity index (χ0n) is 13.2. The molecule has 2 atom stereocenters. The van der Waals surface area contributed by atoms with Gasteiger partial charge in [0.25, 0.3) is 0 Å². The summed E-state index contributed by atoms with van der Waals surface area (Å²) in [6.45, 7) is 8.63. The Balaban J connectivity index is 2.29. The third-order valence-corrected chi connectivity index (χ3v) is 4.07. The van der Waals surface area contributed by atoms with Crippen molar-refractivity contribution < 1.29 is 4.79 Å². The van der Waals surface area contributed by atoms with Gasteiger partial charge in [0.05, 0.1) is 0 Å². The van der Waals surface area contributed by atoms with Crippen molar-refractivity contribution in [2.75, 3.05) is 0 Å². The third-order valence-electron chi connectivity index (χ3n) is 4.07. The van der Waals surface area contributed by atoms with Crippen LogP contribution in [0.4, 0.5) is 0 Å². The van der Waals surface area contributed by atoms with Crippen LogP contribution in [0.25, 0.3) is 0 Å². The number of nitrogens with one attached hydrogen (secondary N) is 1. The number of hydrogen-bond donors (Lipinski definition) is 2. The fraction of sp³-hybridized carbons (Fsp3) is 0.938. The van der Waals surface area contributed by atoms with Gasteiger partial charge in [-0.05, 0) is 37.5 Å². The predicted octanol–water partition coefficient (Wildman–Crippen LogP) is 3.23. The maximum Gasteiger partial charge on any atom is 0.221 e. The van der Waals surface area contributed by atoms with Crippen molar-refractivity contribution in [1.29, 1.82) is 0 Å². The molecule has 0 heterocycles. The van der Waals surface area contributed by atoms with Crippen LogP contribution < -0.4 is 11.1 Å². The van der Waals surface area contributed by atoms with Gasteiger partial charge in [0.1, 0.15) is 0 Å². The van der Waals surface area contributed by atoms with Gasteiger partial charge in [-0.15, -0.1) is 0 Å². The van der Waals surface area contributed by atoms with E-state index < -0.39 is 0 Å². The summed E-state index contributed by atoms with van der Waals surface area (Å²) in [7, 11) is 0. The van der Waals surface area contributed by atoms with E-state index in [1.54, 1.807) is 0 Å². The number of hydrogen-bond acceptors (Lipinski definition) is 2. The van der Waals surface area contributed by atoms with Gasteiger partial charge in [0, 0.05) is 18.5 Å². The van der Waals surface area contributed by atoms with Crippen molar-refractivity contribution in [2.45, 2.75) is 84.7 Å². The van der Waals surface area contributed by atoms with Gasteiger partial charge in [0.2, 0.25) is 5.91 Å². The van der Waals surface area contributed by atoms with Gasteiger partial charge in [-0.2, -0.15) is 0 Å². The Kier molecular flexibility index (Phi) is 6.31. The fourth-order valence-electron chi connectivity index (χ4n) is 3.16. The van der Waals surface area contributed by atoms with Crippen LogP contribution in [0, 0.1) is 11.3 Å². The second kappa shape index (κ2) is 7.28. The molecule has 0 bridgehead atoms. The number of nitrogens with two attached hydrogens (primary N) is 1. The quantitative estimate of drug-likeness (QED) is 0.804. The topological polar surface area (TPSA) is 55.1 Å². The van der Waals surface area contributed by atoms with Crippen LogP contribution in [0.15, 0.2) is 0 Å². The first-order valence-electron chi connectivity index (χ1n) is 7.83. The SMILES string of the molecule is C[C@H](NC(=O)CC(N)CC(C)(C)C)C1CCCCC1. The van der Waals surface area contributed by atoms with E-state index >= 15 is 0 Å². The summed E-state index contributed by atoms with van der Waals surface area (Å²) in [6, 6.07) is 0.271. The van der Waals surface area contributed by atoms with Crippen molar-refractivity contribution in [1.82, 2.24) is 5.32 Å². The maximum absolute atomic E-state index is 12.0. The molecule has 0 saturated heterocycles. The molecule has 19 heavy (non-hydrogen) atoms. The van der Waals surface area contributed by atoms with Crippen LogP contribution in [-0.2, 0) is 4.79 Å². The monoisotopic (exact) mass is 268 g/mol. The molecule has 3 N–H and O–H groups in total. The van der Waals surface area contributed by atoms with Crippen LogP contribution in [0.2, 0.25) is 0 Å². The van der Waals surface area contributed by atoms with Crippen molar-refractivity contribution in [3.63, 3.8) is 0 Å². The molecule has 3 heteroatoms. The van der Waals surface area contributed by atoms with E-state index in [0.29, 0.717) is 18.4 Å². The summed E-state index contributed by atoms with van der Waals surface area (Å²) < 4.78 is 0. The molecule has 0 aliphatic heterocycles. The Morgan fingerprint density at radius 1 is 1.26 bits per heavy atom. The molecule has 1 fully saturated rings. The van der Waals surface area contributed by atoms with Crippen LogP contribution in [0.1, 0.15) is 72.6 Å². The van der Waals surface area contributed by atoms with E-state index in [2.05, 4.69) is 33.0 Å². The first-order valence-corrected chi connectivity index (χ1v) is 7.83. The van der Waals surface area contributed by atoms with Crippen LogP contribution in [-0.4, -0.2) is 18.0 Å². The Morgan fingerprint density at radius 3 is 2.37 bits per heavy atom. The molecule has 1 aliphatic carbocycles. The Labute approximate surface area is 118 Å². The number of rotatable bonds is 5. The summed E-state index contributed by atoms with van der Waals surface area (Å²) in [6.07, 6.45) is 7.84. The van der Waals surface area contributed by atoms with Crippen molar-refractivity contribution in [3.05, 3.63) is 0 Å². The van der Waals surface area contributed by atoms with Gasteiger partial charge in [0.15, 0.2) is 0 Å². The highest BCUT2D eigenvalue weighted by Crippen LogP contribution is 2.26. The Bertz CT molecular complexity index is 277. The van der Waals surface area contributed by atoms with E-state index in [-0.39, 0.29) is 17.4 Å². The van der Waals surface area contributed by atoms with Gasteiger partial charge in [-0.3, -0.25) is 4.79 Å². The molecule has 1 rings (SSSR count). The number of carbonyl (C=O) groups is 1. The summed E-state index contributed by atoms with van der Waals surface area (Å²) in [5.74, 6) is 0.784. The normalized spacial score (nSPS) is 20.9. The largest absolute Gasteiger partial charge is 0.353 e. The molecule has 0 spiro atoms. The highest BCUT2D eigenvalue weighted by Gasteiger charge is 2.23. The second-order valence-corrected chi connectivity index (χ2v) is 7.48. The zero-order valence-corrected chi connectivity index (χ0v) is 13.2. The lowest BCUT2D eigenvalue weighted by Gasteiger charge is -2.29. The highest BCUT2D eigenvalue weighted by atomic mass is 16.1. The lowest BCUT2D eigenvalue weighted by atomic mass is 9.84. The first-order chi connectivity index (χ1) is 8.78. The summed E-state index contributed by atoms with van der Waals surface area (Å²) in [5, 5.41) is 3.15. The smallest absolute Gasteiger partial charge is 0.221 e. The molecule has 1 aliphatic rings. The van der Waals surface area contributed by atoms with E-state index in [4.69, 9.17) is 5.73 Å². The highest BCUT2D eigenvalue weighted by molar-refractivity contribution is 5.76. The lowest BCUT2D eigenvalue weighted by molar-refractivity contribution is -0.122. The third kappa shape index (κ3) is 6.95.